The quantitative estimate of drug-likeness (QED) is 0.795. The molecule has 17 heavy (non-hydrogen) atoms. The van der Waals surface area contributed by atoms with E-state index >= 15 is 0 Å². The second-order valence-corrected chi connectivity index (χ2v) is 4.14. The molecule has 0 aliphatic carbocycles. The summed E-state index contributed by atoms with van der Waals surface area (Å²) in [5.74, 6) is -0.759. The molecule has 0 radical (unpaired) electrons. The first-order chi connectivity index (χ1) is 7.93. The summed E-state index contributed by atoms with van der Waals surface area (Å²) < 4.78 is 1.26. The van der Waals surface area contributed by atoms with Gasteiger partial charge in [-0.2, -0.15) is 0 Å². The second kappa shape index (κ2) is 4.01. The lowest BCUT2D eigenvalue weighted by atomic mass is 10.1. The number of amides is 1. The topological polar surface area (TPSA) is 78.0 Å². The van der Waals surface area contributed by atoms with Gasteiger partial charge in [-0.15, -0.1) is 0 Å². The van der Waals surface area contributed by atoms with Gasteiger partial charge in [0.15, 0.2) is 0 Å². The number of hydrogen-bond donors (Lipinski definition) is 1. The Bertz CT molecular complexity index is 694. The van der Waals surface area contributed by atoms with E-state index in [1.165, 1.54) is 23.7 Å². The summed E-state index contributed by atoms with van der Waals surface area (Å²) in [5.41, 5.74) is 5.21. The van der Waals surface area contributed by atoms with Crippen molar-refractivity contribution >= 4 is 40.0 Å². The van der Waals surface area contributed by atoms with Crippen molar-refractivity contribution in [2.75, 3.05) is 0 Å². The van der Waals surface area contributed by atoms with Crippen LogP contribution >= 0.6 is 23.2 Å². The van der Waals surface area contributed by atoms with Crippen molar-refractivity contribution in [2.24, 2.45) is 12.8 Å². The molecule has 1 amide bonds. The Balaban J connectivity index is 3.13. The van der Waals surface area contributed by atoms with E-state index in [2.05, 4.69) is 4.98 Å². The van der Waals surface area contributed by atoms with Gasteiger partial charge in [0, 0.05) is 18.5 Å². The van der Waals surface area contributed by atoms with Gasteiger partial charge in [-0.05, 0) is 6.07 Å². The largest absolute Gasteiger partial charge is 0.365 e. The molecule has 2 aromatic heterocycles. The lowest BCUT2D eigenvalue weighted by molar-refractivity contribution is 0.100. The van der Waals surface area contributed by atoms with Gasteiger partial charge >= 0.3 is 0 Å². The SMILES string of the molecule is Cn1c(=O)ccc2c(Cl)nc(Cl)c(C(N)=O)c21. The molecule has 0 bridgehead atoms. The molecule has 0 unspecified atom stereocenters. The summed E-state index contributed by atoms with van der Waals surface area (Å²) in [6.07, 6.45) is 0. The summed E-state index contributed by atoms with van der Waals surface area (Å²) in [7, 11) is 1.50. The number of nitrogens with zero attached hydrogens (tertiary/aromatic N) is 2. The highest BCUT2D eigenvalue weighted by Crippen LogP contribution is 2.27. The summed E-state index contributed by atoms with van der Waals surface area (Å²) in [6, 6.07) is 2.81. The molecule has 0 aromatic carbocycles. The van der Waals surface area contributed by atoms with E-state index in [-0.39, 0.29) is 26.9 Å². The Kier molecular flexibility index (Phi) is 2.81. The zero-order valence-corrected chi connectivity index (χ0v) is 10.2. The van der Waals surface area contributed by atoms with Crippen LogP contribution in [-0.4, -0.2) is 15.5 Å². The molecule has 5 nitrogen and oxygen atoms in total. The van der Waals surface area contributed by atoms with Gasteiger partial charge in [-0.1, -0.05) is 23.2 Å². The highest BCUT2D eigenvalue weighted by molar-refractivity contribution is 6.38. The molecule has 2 rings (SSSR count). The van der Waals surface area contributed by atoms with Crippen molar-refractivity contribution in [1.29, 1.82) is 0 Å². The van der Waals surface area contributed by atoms with Crippen molar-refractivity contribution < 1.29 is 4.79 Å². The van der Waals surface area contributed by atoms with Crippen molar-refractivity contribution in [1.82, 2.24) is 9.55 Å². The third-order valence-electron chi connectivity index (χ3n) is 2.42. The van der Waals surface area contributed by atoms with Crippen LogP contribution in [0.15, 0.2) is 16.9 Å². The Labute approximate surface area is 106 Å². The molecule has 2 heterocycles. The first-order valence-electron chi connectivity index (χ1n) is 4.58. The molecule has 7 heteroatoms. The van der Waals surface area contributed by atoms with E-state index in [0.717, 1.165) is 0 Å². The standard InChI is InChI=1S/C10H7Cl2N3O2/c1-15-5(16)3-2-4-7(15)6(10(13)17)9(12)14-8(4)11/h2-3H,1H3,(H2,13,17). The molecule has 2 N–H and O–H groups in total. The van der Waals surface area contributed by atoms with E-state index in [0.29, 0.717) is 5.39 Å². The van der Waals surface area contributed by atoms with Crippen LogP contribution in [0.2, 0.25) is 10.3 Å². The zero-order valence-electron chi connectivity index (χ0n) is 8.70. The van der Waals surface area contributed by atoms with Crippen LogP contribution in [0, 0.1) is 0 Å². The minimum absolute atomic E-state index is 0.00809. The summed E-state index contributed by atoms with van der Waals surface area (Å²) >= 11 is 11.7. The fraction of sp³-hybridized carbons (Fsp3) is 0.100. The third-order valence-corrected chi connectivity index (χ3v) is 2.98. The van der Waals surface area contributed by atoms with Crippen molar-refractivity contribution in [3.63, 3.8) is 0 Å². The molecular weight excluding hydrogens is 265 g/mol. The predicted octanol–water partition coefficient (Wildman–Crippen LogP) is 1.34. The molecule has 0 aliphatic rings. The number of carbonyl (C=O) groups is 1. The van der Waals surface area contributed by atoms with Crippen LogP contribution in [0.4, 0.5) is 0 Å². The number of fused-ring (bicyclic) bond motifs is 1. The van der Waals surface area contributed by atoms with Crippen LogP contribution in [0.25, 0.3) is 10.9 Å². The molecule has 0 aliphatic heterocycles. The maximum atomic E-state index is 11.5. The fourth-order valence-electron chi connectivity index (χ4n) is 1.62. The fourth-order valence-corrected chi connectivity index (χ4v) is 2.17. The van der Waals surface area contributed by atoms with Crippen LogP contribution < -0.4 is 11.3 Å². The third kappa shape index (κ3) is 1.77. The molecule has 0 saturated carbocycles. The first-order valence-corrected chi connectivity index (χ1v) is 5.33. The van der Waals surface area contributed by atoms with E-state index in [9.17, 15) is 9.59 Å². The van der Waals surface area contributed by atoms with Crippen molar-refractivity contribution in [2.45, 2.75) is 0 Å². The van der Waals surface area contributed by atoms with Crippen LogP contribution in [0.1, 0.15) is 10.4 Å². The normalized spacial score (nSPS) is 10.8. The van der Waals surface area contributed by atoms with Crippen molar-refractivity contribution in [3.8, 4) is 0 Å². The lowest BCUT2D eigenvalue weighted by Gasteiger charge is -2.10. The van der Waals surface area contributed by atoms with Crippen molar-refractivity contribution in [3.05, 3.63) is 38.4 Å². The minimum atomic E-state index is -0.759. The number of hydrogen-bond acceptors (Lipinski definition) is 3. The molecule has 0 fully saturated rings. The number of primary amides is 1. The number of rotatable bonds is 1. The maximum Gasteiger partial charge on any atom is 0.253 e. The zero-order chi connectivity index (χ0) is 12.7. The number of aryl methyl sites for hydroxylation is 1. The Morgan fingerprint density at radius 1 is 1.35 bits per heavy atom. The number of pyridine rings is 2. The summed E-state index contributed by atoms with van der Waals surface area (Å²) in [4.78, 5) is 26.7. The highest BCUT2D eigenvalue weighted by atomic mass is 35.5. The number of aromatic nitrogens is 2. The minimum Gasteiger partial charge on any atom is -0.365 e. The number of nitrogens with two attached hydrogens (primary N) is 1. The molecular formula is C10H7Cl2N3O2. The first kappa shape index (κ1) is 11.9. The number of halogens is 2. The van der Waals surface area contributed by atoms with Gasteiger partial charge in [0.05, 0.1) is 5.52 Å². The molecule has 88 valence electrons. The maximum absolute atomic E-state index is 11.5. The Morgan fingerprint density at radius 2 is 2.00 bits per heavy atom. The van der Waals surface area contributed by atoms with E-state index in [4.69, 9.17) is 28.9 Å². The monoisotopic (exact) mass is 271 g/mol. The van der Waals surface area contributed by atoms with Crippen LogP contribution in [-0.2, 0) is 7.05 Å². The van der Waals surface area contributed by atoms with Gasteiger partial charge in [-0.25, -0.2) is 4.98 Å². The van der Waals surface area contributed by atoms with Gasteiger partial charge in [0.1, 0.15) is 15.9 Å². The average Bonchev–Trinajstić information content (AvgIpc) is 2.23. The van der Waals surface area contributed by atoms with Crippen LogP contribution in [0.3, 0.4) is 0 Å². The second-order valence-electron chi connectivity index (χ2n) is 3.43. The number of carbonyl (C=O) groups excluding carboxylic acids is 1. The Morgan fingerprint density at radius 3 is 2.59 bits per heavy atom. The smallest absolute Gasteiger partial charge is 0.253 e. The van der Waals surface area contributed by atoms with Gasteiger partial charge in [0.2, 0.25) is 0 Å². The summed E-state index contributed by atoms with van der Waals surface area (Å²) in [6.45, 7) is 0. The van der Waals surface area contributed by atoms with Crippen LogP contribution in [0.5, 0.6) is 0 Å². The highest BCUT2D eigenvalue weighted by Gasteiger charge is 2.18. The molecule has 0 spiro atoms. The summed E-state index contributed by atoms with van der Waals surface area (Å²) in [5, 5.41) is 0.453. The lowest BCUT2D eigenvalue weighted by Crippen LogP contribution is -2.21. The van der Waals surface area contributed by atoms with Gasteiger partial charge in [-0.3, -0.25) is 9.59 Å². The molecule has 0 atom stereocenters. The molecule has 0 saturated heterocycles. The van der Waals surface area contributed by atoms with Gasteiger partial charge in [0.25, 0.3) is 11.5 Å². The average molecular weight is 272 g/mol. The predicted molar refractivity (Wildman–Crippen MR) is 65.5 cm³/mol. The Hall–Kier alpha value is -1.59. The van der Waals surface area contributed by atoms with E-state index in [1.807, 2.05) is 0 Å². The van der Waals surface area contributed by atoms with Gasteiger partial charge < -0.3 is 10.3 Å². The van der Waals surface area contributed by atoms with E-state index < -0.39 is 5.91 Å². The molecule has 2 aromatic rings. The van der Waals surface area contributed by atoms with E-state index in [1.54, 1.807) is 0 Å².